The maximum absolute atomic E-state index is 13.4. The zero-order valence-corrected chi connectivity index (χ0v) is 20.7. The summed E-state index contributed by atoms with van der Waals surface area (Å²) in [4.78, 5) is 30.9. The number of piperidine rings is 1. The predicted octanol–water partition coefficient (Wildman–Crippen LogP) is 2.07. The third kappa shape index (κ3) is 4.98. The van der Waals surface area contributed by atoms with E-state index < -0.39 is 6.04 Å². The van der Waals surface area contributed by atoms with E-state index in [4.69, 9.17) is 14.2 Å². The second-order valence-corrected chi connectivity index (χ2v) is 9.33. The highest BCUT2D eigenvalue weighted by molar-refractivity contribution is 5.80. The summed E-state index contributed by atoms with van der Waals surface area (Å²) in [5.74, 6) is 0.962. The average molecular weight is 497 g/mol. The van der Waals surface area contributed by atoms with E-state index >= 15 is 0 Å². The van der Waals surface area contributed by atoms with Crippen LogP contribution in [0.15, 0.2) is 29.1 Å². The van der Waals surface area contributed by atoms with Gasteiger partial charge in [0.15, 0.2) is 5.82 Å². The molecular weight excluding hydrogens is 464 g/mol. The Kier molecular flexibility index (Phi) is 7.28. The largest absolute Gasteiger partial charge is 0.497 e. The second kappa shape index (κ2) is 10.8. The molecule has 2 aliphatic heterocycles. The number of methoxy groups -OCH3 is 1. The number of esters is 1. The molecule has 1 N–H and O–H groups in total. The number of likely N-dealkylation sites (tertiary alicyclic amines) is 1. The Morgan fingerprint density at radius 1 is 1.25 bits per heavy atom. The number of tetrazole rings is 1. The van der Waals surface area contributed by atoms with Crippen LogP contribution in [-0.2, 0) is 20.8 Å². The van der Waals surface area contributed by atoms with Gasteiger partial charge in [-0.3, -0.25) is 14.5 Å². The van der Waals surface area contributed by atoms with Gasteiger partial charge in [-0.1, -0.05) is 0 Å². The lowest BCUT2D eigenvalue weighted by atomic mass is 9.94. The number of aromatic nitrogens is 5. The van der Waals surface area contributed by atoms with Crippen molar-refractivity contribution >= 4 is 16.9 Å². The van der Waals surface area contributed by atoms with Gasteiger partial charge in [0.25, 0.3) is 5.56 Å². The zero-order chi connectivity index (χ0) is 25.1. The van der Waals surface area contributed by atoms with E-state index in [0.717, 1.165) is 24.8 Å². The number of rotatable bonds is 8. The smallest absolute Gasteiger partial charge is 0.309 e. The third-order valence-electron chi connectivity index (χ3n) is 7.10. The number of hydrogen-bond donors (Lipinski definition) is 1. The molecular formula is C25H32N6O5. The number of fused-ring (bicyclic) bond motifs is 1. The summed E-state index contributed by atoms with van der Waals surface area (Å²) in [5.41, 5.74) is 1.05. The van der Waals surface area contributed by atoms with Gasteiger partial charge in [-0.15, -0.1) is 5.10 Å². The minimum absolute atomic E-state index is 0.0461. The second-order valence-electron chi connectivity index (χ2n) is 9.33. The van der Waals surface area contributed by atoms with E-state index in [2.05, 4.69) is 25.4 Å². The van der Waals surface area contributed by atoms with Crippen molar-refractivity contribution in [2.75, 3.05) is 33.4 Å². The Labute approximate surface area is 208 Å². The Hall–Kier alpha value is -3.31. The van der Waals surface area contributed by atoms with Crippen molar-refractivity contribution in [1.82, 2.24) is 30.1 Å². The van der Waals surface area contributed by atoms with Crippen molar-refractivity contribution < 1.29 is 19.0 Å². The number of hydrogen-bond acceptors (Lipinski definition) is 9. The van der Waals surface area contributed by atoms with Gasteiger partial charge in [0, 0.05) is 31.3 Å². The van der Waals surface area contributed by atoms with Gasteiger partial charge in [-0.25, -0.2) is 4.68 Å². The Morgan fingerprint density at radius 3 is 2.81 bits per heavy atom. The number of benzene rings is 1. The van der Waals surface area contributed by atoms with Crippen LogP contribution in [0.5, 0.6) is 5.75 Å². The molecule has 2 aliphatic rings. The van der Waals surface area contributed by atoms with Crippen LogP contribution < -0.4 is 10.3 Å². The summed E-state index contributed by atoms with van der Waals surface area (Å²) in [5, 5.41) is 13.5. The first-order valence-electron chi connectivity index (χ1n) is 12.6. The standard InChI is InChI=1S/C25H32N6O5/c1-3-35-25(33)16-8-10-30(11-9-16)22(23-27-28-29-31(23)15-19-5-4-12-36-19)20-13-17-6-7-18(34-2)14-21(17)26-24(20)32/h6-7,13-14,16,19,22H,3-5,8-12,15H2,1-2H3,(H,26,32)/t19-,22+/m0/s1. The molecule has 2 aromatic heterocycles. The van der Waals surface area contributed by atoms with Crippen molar-refractivity contribution in [2.45, 2.75) is 51.3 Å². The fourth-order valence-corrected chi connectivity index (χ4v) is 5.20. The van der Waals surface area contributed by atoms with E-state index in [0.29, 0.717) is 61.7 Å². The fraction of sp³-hybridized carbons (Fsp3) is 0.560. The number of nitrogens with zero attached hydrogens (tertiary/aromatic N) is 5. The molecule has 192 valence electrons. The van der Waals surface area contributed by atoms with Gasteiger partial charge in [0.1, 0.15) is 11.8 Å². The van der Waals surface area contributed by atoms with E-state index in [1.165, 1.54) is 0 Å². The lowest BCUT2D eigenvalue weighted by molar-refractivity contribution is -0.149. The van der Waals surface area contributed by atoms with Gasteiger partial charge < -0.3 is 19.2 Å². The lowest BCUT2D eigenvalue weighted by Gasteiger charge is -2.36. The van der Waals surface area contributed by atoms with Crippen LogP contribution in [-0.4, -0.2) is 75.6 Å². The molecule has 0 amide bonds. The van der Waals surface area contributed by atoms with E-state index in [9.17, 15) is 9.59 Å². The lowest BCUT2D eigenvalue weighted by Crippen LogP contribution is -2.42. The molecule has 11 heteroatoms. The molecule has 36 heavy (non-hydrogen) atoms. The minimum atomic E-state index is -0.472. The molecule has 11 nitrogen and oxygen atoms in total. The Morgan fingerprint density at radius 2 is 2.08 bits per heavy atom. The van der Waals surface area contributed by atoms with Crippen LogP contribution in [0.2, 0.25) is 0 Å². The summed E-state index contributed by atoms with van der Waals surface area (Å²) in [6.45, 7) is 4.68. The molecule has 0 radical (unpaired) electrons. The summed E-state index contributed by atoms with van der Waals surface area (Å²) in [7, 11) is 1.59. The number of ether oxygens (including phenoxy) is 3. The molecule has 4 heterocycles. The normalized spacial score (nSPS) is 20.0. The molecule has 0 aliphatic carbocycles. The SMILES string of the molecule is CCOC(=O)C1CCN([C@H](c2cc3ccc(OC)cc3[nH]c2=O)c2nnnn2C[C@@H]2CCCO2)CC1. The number of carbonyl (C=O) groups excluding carboxylic acids is 1. The first-order valence-corrected chi connectivity index (χ1v) is 12.6. The highest BCUT2D eigenvalue weighted by atomic mass is 16.5. The number of pyridine rings is 1. The van der Waals surface area contributed by atoms with Crippen molar-refractivity contribution in [2.24, 2.45) is 5.92 Å². The van der Waals surface area contributed by atoms with E-state index in [1.54, 1.807) is 11.8 Å². The molecule has 2 fully saturated rings. The van der Waals surface area contributed by atoms with Crippen LogP contribution in [0.25, 0.3) is 10.9 Å². The highest BCUT2D eigenvalue weighted by Gasteiger charge is 2.35. The van der Waals surface area contributed by atoms with Crippen molar-refractivity contribution in [3.63, 3.8) is 0 Å². The van der Waals surface area contributed by atoms with E-state index in [1.807, 2.05) is 31.2 Å². The van der Waals surface area contributed by atoms with E-state index in [-0.39, 0.29) is 23.6 Å². The summed E-state index contributed by atoms with van der Waals surface area (Å²) < 4.78 is 18.1. The van der Waals surface area contributed by atoms with Gasteiger partial charge >= 0.3 is 5.97 Å². The van der Waals surface area contributed by atoms with Crippen molar-refractivity contribution in [3.8, 4) is 5.75 Å². The fourth-order valence-electron chi connectivity index (χ4n) is 5.20. The zero-order valence-electron chi connectivity index (χ0n) is 20.7. The molecule has 5 rings (SSSR count). The van der Waals surface area contributed by atoms with Gasteiger partial charge in [-0.2, -0.15) is 0 Å². The van der Waals surface area contributed by atoms with Crippen LogP contribution in [0.3, 0.4) is 0 Å². The first-order chi connectivity index (χ1) is 17.6. The van der Waals surface area contributed by atoms with Crippen LogP contribution in [0.1, 0.15) is 50.0 Å². The molecule has 0 saturated carbocycles. The van der Waals surface area contributed by atoms with Crippen LogP contribution in [0, 0.1) is 5.92 Å². The van der Waals surface area contributed by atoms with Gasteiger partial charge in [-0.05, 0) is 66.6 Å². The molecule has 2 saturated heterocycles. The molecule has 0 unspecified atom stereocenters. The summed E-state index contributed by atoms with van der Waals surface area (Å²) >= 11 is 0. The molecule has 0 bridgehead atoms. The van der Waals surface area contributed by atoms with Crippen molar-refractivity contribution in [1.29, 1.82) is 0 Å². The summed E-state index contributed by atoms with van der Waals surface area (Å²) in [6.07, 6.45) is 3.30. The number of H-pyrrole nitrogens is 1. The maximum Gasteiger partial charge on any atom is 0.309 e. The predicted molar refractivity (Wildman–Crippen MR) is 131 cm³/mol. The quantitative estimate of drug-likeness (QED) is 0.467. The molecule has 1 aromatic carbocycles. The number of carbonyl (C=O) groups is 1. The van der Waals surface area contributed by atoms with Gasteiger partial charge in [0.05, 0.1) is 37.8 Å². The molecule has 2 atom stereocenters. The monoisotopic (exact) mass is 496 g/mol. The Bertz CT molecular complexity index is 1260. The molecule has 3 aromatic rings. The van der Waals surface area contributed by atoms with Crippen LogP contribution >= 0.6 is 0 Å². The topological polar surface area (TPSA) is 124 Å². The van der Waals surface area contributed by atoms with Crippen molar-refractivity contribution in [3.05, 3.63) is 46.0 Å². The maximum atomic E-state index is 13.4. The minimum Gasteiger partial charge on any atom is -0.497 e. The van der Waals surface area contributed by atoms with Gasteiger partial charge in [0.2, 0.25) is 0 Å². The molecule has 0 spiro atoms. The average Bonchev–Trinajstić information content (AvgIpc) is 3.57. The van der Waals surface area contributed by atoms with Crippen LogP contribution in [0.4, 0.5) is 0 Å². The number of nitrogens with one attached hydrogen (secondary N) is 1. The number of aromatic amines is 1. The Balaban J connectivity index is 1.51. The first kappa shape index (κ1) is 24.4. The summed E-state index contributed by atoms with van der Waals surface area (Å²) in [6, 6.07) is 7.03. The third-order valence-corrected chi connectivity index (χ3v) is 7.10. The highest BCUT2D eigenvalue weighted by Crippen LogP contribution is 2.32.